The van der Waals surface area contributed by atoms with Gasteiger partial charge in [0.25, 0.3) is 0 Å². The molecule has 0 atom stereocenters. The maximum Gasteiger partial charge on any atom is 0.102 e. The lowest BCUT2D eigenvalue weighted by Gasteiger charge is -2.35. The van der Waals surface area contributed by atoms with Crippen molar-refractivity contribution in [1.82, 2.24) is 0 Å². The van der Waals surface area contributed by atoms with Gasteiger partial charge in [-0.15, -0.1) is 47.0 Å². The highest BCUT2D eigenvalue weighted by atomic mass is 32.2. The molecule has 2 aromatic carbocycles. The average Bonchev–Trinajstić information content (AvgIpc) is 3.31. The third-order valence-corrected chi connectivity index (χ3v) is 11.0. The quantitative estimate of drug-likeness (QED) is 0.203. The normalized spacial score (nSPS) is 14.3. The van der Waals surface area contributed by atoms with E-state index in [1.54, 1.807) is 0 Å². The van der Waals surface area contributed by atoms with Gasteiger partial charge in [-0.1, -0.05) is 46.8 Å². The maximum absolute atomic E-state index is 2.74. The number of nitrogens with zero attached hydrogens (tertiary/aromatic N) is 2. The van der Waals surface area contributed by atoms with Crippen molar-refractivity contribution in [3.63, 3.8) is 0 Å². The molecule has 1 aliphatic rings. The highest BCUT2D eigenvalue weighted by molar-refractivity contribution is 8.00. The summed E-state index contributed by atoms with van der Waals surface area (Å²) >= 11 is 8.15. The lowest BCUT2D eigenvalue weighted by atomic mass is 10.2. The molecular weight excluding hydrogens is 505 g/mol. The van der Waals surface area contributed by atoms with E-state index in [-0.39, 0.29) is 0 Å². The summed E-state index contributed by atoms with van der Waals surface area (Å²) in [7, 11) is 0. The minimum Gasteiger partial charge on any atom is -0.348 e. The summed E-state index contributed by atoms with van der Waals surface area (Å²) in [4.78, 5) is 11.3. The first kappa shape index (κ1) is 29.0. The summed E-state index contributed by atoms with van der Waals surface area (Å²) in [5.41, 5.74) is 2.97. The molecule has 2 aromatic rings. The fourth-order valence-corrected chi connectivity index (χ4v) is 8.51. The smallest absolute Gasteiger partial charge is 0.102 e. The third kappa shape index (κ3) is 7.49. The van der Waals surface area contributed by atoms with Crippen molar-refractivity contribution in [2.24, 2.45) is 0 Å². The molecule has 0 spiro atoms. The Hall–Kier alpha value is -0.560. The van der Waals surface area contributed by atoms with Gasteiger partial charge >= 0.3 is 0 Å². The standard InChI is InChI=1S/C29H44N2S4/c1-6-19-32-23-13-11-14-24(33-20-7-2)28(23)30-17-18-31(27(30)10-5)29-25(34-21-8-3)15-12-16-26(29)35-22-9-4/h11-16,27H,6-10,17-22H2,1-5H3. The largest absolute Gasteiger partial charge is 0.348 e. The van der Waals surface area contributed by atoms with Crippen LogP contribution in [0.15, 0.2) is 56.0 Å². The third-order valence-electron chi connectivity index (χ3n) is 6.01. The molecule has 0 amide bonds. The van der Waals surface area contributed by atoms with E-state index < -0.39 is 0 Å². The van der Waals surface area contributed by atoms with E-state index in [1.807, 2.05) is 47.0 Å². The molecule has 35 heavy (non-hydrogen) atoms. The van der Waals surface area contributed by atoms with Crippen LogP contribution < -0.4 is 9.80 Å². The zero-order valence-electron chi connectivity index (χ0n) is 22.3. The Labute approximate surface area is 232 Å². The number of anilines is 2. The van der Waals surface area contributed by atoms with E-state index in [0.29, 0.717) is 6.17 Å². The highest BCUT2D eigenvalue weighted by Crippen LogP contribution is 2.46. The Morgan fingerprint density at radius 3 is 1.14 bits per heavy atom. The van der Waals surface area contributed by atoms with Gasteiger partial charge in [0, 0.05) is 32.7 Å². The molecule has 0 aliphatic carbocycles. The van der Waals surface area contributed by atoms with Gasteiger partial charge in [0.15, 0.2) is 0 Å². The molecule has 194 valence electrons. The van der Waals surface area contributed by atoms with Gasteiger partial charge in [-0.05, 0) is 79.4 Å². The number of hydrogen-bond acceptors (Lipinski definition) is 6. The van der Waals surface area contributed by atoms with Crippen LogP contribution >= 0.6 is 47.0 Å². The minimum absolute atomic E-state index is 0.392. The fourth-order valence-electron chi connectivity index (χ4n) is 4.53. The monoisotopic (exact) mass is 548 g/mol. The summed E-state index contributed by atoms with van der Waals surface area (Å²) in [6.45, 7) is 13.7. The first-order valence-electron chi connectivity index (χ1n) is 13.5. The molecule has 6 heteroatoms. The summed E-state index contributed by atoms with van der Waals surface area (Å²) in [6, 6.07) is 14.0. The second kappa shape index (κ2) is 15.6. The summed E-state index contributed by atoms with van der Waals surface area (Å²) in [5.74, 6) is 4.71. The van der Waals surface area contributed by atoms with E-state index in [9.17, 15) is 0 Å². The Kier molecular flexibility index (Phi) is 13.0. The number of hydrogen-bond donors (Lipinski definition) is 0. The molecular formula is C29H44N2S4. The van der Waals surface area contributed by atoms with Gasteiger partial charge < -0.3 is 9.80 Å². The van der Waals surface area contributed by atoms with Crippen molar-refractivity contribution in [3.8, 4) is 0 Å². The van der Waals surface area contributed by atoms with Crippen molar-refractivity contribution in [1.29, 1.82) is 0 Å². The summed E-state index contributed by atoms with van der Waals surface area (Å²) < 4.78 is 0. The van der Waals surface area contributed by atoms with Crippen LogP contribution in [-0.2, 0) is 0 Å². The Morgan fingerprint density at radius 1 is 0.571 bits per heavy atom. The predicted molar refractivity (Wildman–Crippen MR) is 166 cm³/mol. The summed E-state index contributed by atoms with van der Waals surface area (Å²) in [5, 5.41) is 0. The molecule has 1 heterocycles. The molecule has 1 fully saturated rings. The highest BCUT2D eigenvalue weighted by Gasteiger charge is 2.35. The van der Waals surface area contributed by atoms with Gasteiger partial charge in [-0.25, -0.2) is 0 Å². The summed E-state index contributed by atoms with van der Waals surface area (Å²) in [6.07, 6.45) is 6.35. The molecule has 0 radical (unpaired) electrons. The van der Waals surface area contributed by atoms with Crippen molar-refractivity contribution in [2.45, 2.75) is 92.5 Å². The number of para-hydroxylation sites is 2. The molecule has 0 bridgehead atoms. The lowest BCUT2D eigenvalue weighted by Crippen LogP contribution is -2.39. The maximum atomic E-state index is 2.74. The molecule has 0 aromatic heterocycles. The molecule has 1 saturated heterocycles. The molecule has 0 saturated carbocycles. The van der Waals surface area contributed by atoms with Gasteiger partial charge in [-0.2, -0.15) is 0 Å². The first-order chi connectivity index (χ1) is 17.2. The van der Waals surface area contributed by atoms with Crippen molar-refractivity contribution >= 4 is 58.4 Å². The Morgan fingerprint density at radius 2 is 0.886 bits per heavy atom. The first-order valence-corrected chi connectivity index (χ1v) is 17.4. The van der Waals surface area contributed by atoms with Crippen LogP contribution in [0.3, 0.4) is 0 Å². The molecule has 3 rings (SSSR count). The number of thioether (sulfide) groups is 4. The van der Waals surface area contributed by atoms with Crippen LogP contribution in [0.5, 0.6) is 0 Å². The Balaban J connectivity index is 2.03. The van der Waals surface area contributed by atoms with Gasteiger partial charge in [0.1, 0.15) is 6.17 Å². The lowest BCUT2D eigenvalue weighted by molar-refractivity contribution is 0.633. The van der Waals surface area contributed by atoms with Crippen LogP contribution in [0.25, 0.3) is 0 Å². The topological polar surface area (TPSA) is 6.48 Å². The molecule has 0 N–H and O–H groups in total. The zero-order valence-corrected chi connectivity index (χ0v) is 25.6. The van der Waals surface area contributed by atoms with E-state index in [4.69, 9.17) is 0 Å². The minimum atomic E-state index is 0.392. The molecule has 2 nitrogen and oxygen atoms in total. The second-order valence-electron chi connectivity index (χ2n) is 8.88. The van der Waals surface area contributed by atoms with E-state index in [0.717, 1.165) is 19.5 Å². The van der Waals surface area contributed by atoms with E-state index in [1.165, 1.54) is 79.7 Å². The number of benzene rings is 2. The van der Waals surface area contributed by atoms with E-state index >= 15 is 0 Å². The van der Waals surface area contributed by atoms with Crippen molar-refractivity contribution in [3.05, 3.63) is 36.4 Å². The number of rotatable bonds is 15. The van der Waals surface area contributed by atoms with Crippen LogP contribution in [0, 0.1) is 0 Å². The van der Waals surface area contributed by atoms with Crippen LogP contribution in [0.1, 0.15) is 66.7 Å². The van der Waals surface area contributed by atoms with Crippen LogP contribution in [0.2, 0.25) is 0 Å². The molecule has 1 aliphatic heterocycles. The van der Waals surface area contributed by atoms with Crippen molar-refractivity contribution in [2.75, 3.05) is 45.9 Å². The van der Waals surface area contributed by atoms with Crippen LogP contribution in [-0.4, -0.2) is 42.3 Å². The van der Waals surface area contributed by atoms with Crippen molar-refractivity contribution < 1.29 is 0 Å². The Bertz CT molecular complexity index is 780. The van der Waals surface area contributed by atoms with E-state index in [2.05, 4.69) is 80.8 Å². The van der Waals surface area contributed by atoms with Gasteiger partial charge in [-0.3, -0.25) is 0 Å². The molecule has 0 unspecified atom stereocenters. The second-order valence-corrected chi connectivity index (χ2v) is 13.4. The van der Waals surface area contributed by atoms with Gasteiger partial charge in [0.2, 0.25) is 0 Å². The fraction of sp³-hybridized carbons (Fsp3) is 0.586. The predicted octanol–water partition coefficient (Wildman–Crippen LogP) is 9.76. The average molecular weight is 549 g/mol. The van der Waals surface area contributed by atoms with Gasteiger partial charge in [0.05, 0.1) is 11.4 Å². The van der Waals surface area contributed by atoms with Crippen LogP contribution in [0.4, 0.5) is 11.4 Å². The SMILES string of the molecule is CCCSc1cccc(SCCC)c1N1CCN(c2c(SCCC)cccc2SCCC)C1CC. The zero-order chi connectivity index (χ0) is 25.0.